The molecule has 7 heteroatoms. The molecule has 2 aromatic rings. The van der Waals surface area contributed by atoms with Gasteiger partial charge >= 0.3 is 0 Å². The highest BCUT2D eigenvalue weighted by atomic mass is 16.1. The van der Waals surface area contributed by atoms with Gasteiger partial charge in [0.15, 0.2) is 5.82 Å². The summed E-state index contributed by atoms with van der Waals surface area (Å²) in [6.45, 7) is 0.645. The van der Waals surface area contributed by atoms with E-state index in [1.165, 1.54) is 6.33 Å². The molecule has 4 N–H and O–H groups in total. The van der Waals surface area contributed by atoms with Gasteiger partial charge in [0, 0.05) is 19.8 Å². The lowest BCUT2D eigenvalue weighted by atomic mass is 10.2. The van der Waals surface area contributed by atoms with Gasteiger partial charge < -0.3 is 16.0 Å². The van der Waals surface area contributed by atoms with E-state index < -0.39 is 0 Å². The Kier molecular flexibility index (Phi) is 3.08. The van der Waals surface area contributed by atoms with Crippen LogP contribution in [0.5, 0.6) is 0 Å². The maximum atomic E-state index is 11.2. The zero-order valence-corrected chi connectivity index (χ0v) is 9.47. The first-order chi connectivity index (χ1) is 8.16. The van der Waals surface area contributed by atoms with Crippen LogP contribution in [0.3, 0.4) is 0 Å². The van der Waals surface area contributed by atoms with Crippen molar-refractivity contribution in [3.63, 3.8) is 0 Å². The maximum Gasteiger partial charge on any atom is 0.276 e. The van der Waals surface area contributed by atoms with Crippen molar-refractivity contribution in [2.75, 3.05) is 17.6 Å². The Hall–Kier alpha value is -2.31. The normalized spacial score (nSPS) is 10.4. The molecule has 2 aromatic heterocycles. The predicted octanol–water partition coefficient (Wildman–Crippen LogP) is -0.260. The van der Waals surface area contributed by atoms with Crippen LogP contribution in [0.2, 0.25) is 0 Å². The second-order valence-electron chi connectivity index (χ2n) is 3.69. The molecule has 0 spiro atoms. The summed E-state index contributed by atoms with van der Waals surface area (Å²) in [5.41, 5.74) is 6.48. The lowest BCUT2D eigenvalue weighted by Gasteiger charge is -2.05. The van der Waals surface area contributed by atoms with E-state index in [0.717, 1.165) is 12.0 Å². The van der Waals surface area contributed by atoms with E-state index in [2.05, 4.69) is 20.4 Å². The molecule has 0 unspecified atom stereocenters. The predicted molar refractivity (Wildman–Crippen MR) is 64.7 cm³/mol. The van der Waals surface area contributed by atoms with Gasteiger partial charge in [-0.3, -0.25) is 9.48 Å². The van der Waals surface area contributed by atoms with Crippen molar-refractivity contribution >= 4 is 11.5 Å². The number of nitrogens with zero attached hydrogens (tertiary/aromatic N) is 3. The minimum atomic E-state index is -0.330. The van der Waals surface area contributed by atoms with Crippen LogP contribution in [-0.4, -0.2) is 26.3 Å². The number of nitrogen functional groups attached to an aromatic ring is 1. The number of hydrogen-bond donors (Lipinski definition) is 3. The molecule has 0 aromatic carbocycles. The Morgan fingerprint density at radius 1 is 1.59 bits per heavy atom. The molecule has 17 heavy (non-hydrogen) atoms. The van der Waals surface area contributed by atoms with Crippen LogP contribution in [-0.2, 0) is 13.5 Å². The van der Waals surface area contributed by atoms with Crippen LogP contribution in [0.25, 0.3) is 0 Å². The van der Waals surface area contributed by atoms with Gasteiger partial charge in [0.25, 0.3) is 5.56 Å². The number of nitrogens with two attached hydrogens (primary N) is 1. The lowest BCUT2D eigenvalue weighted by Crippen LogP contribution is -2.17. The highest BCUT2D eigenvalue weighted by Crippen LogP contribution is 2.07. The van der Waals surface area contributed by atoms with Crippen LogP contribution in [0.15, 0.2) is 23.5 Å². The quantitative estimate of drug-likeness (QED) is 0.676. The van der Waals surface area contributed by atoms with E-state index in [0.29, 0.717) is 12.4 Å². The van der Waals surface area contributed by atoms with Crippen molar-refractivity contribution in [1.82, 2.24) is 19.7 Å². The molecule has 0 aliphatic carbocycles. The number of nitrogens with one attached hydrogen (secondary N) is 2. The molecular formula is C10H14N6O. The van der Waals surface area contributed by atoms with Gasteiger partial charge in [-0.05, 0) is 12.0 Å². The van der Waals surface area contributed by atoms with Crippen molar-refractivity contribution in [1.29, 1.82) is 0 Å². The summed E-state index contributed by atoms with van der Waals surface area (Å²) in [5, 5.41) is 7.09. The van der Waals surface area contributed by atoms with Crippen molar-refractivity contribution in [2.24, 2.45) is 7.05 Å². The molecule has 0 aliphatic heterocycles. The Morgan fingerprint density at radius 3 is 3.12 bits per heavy atom. The average Bonchev–Trinajstić information content (AvgIpc) is 2.70. The topological polar surface area (TPSA) is 102 Å². The zero-order valence-electron chi connectivity index (χ0n) is 9.47. The van der Waals surface area contributed by atoms with Gasteiger partial charge in [0.2, 0.25) is 0 Å². The summed E-state index contributed by atoms with van der Waals surface area (Å²) in [6, 6.07) is 0. The second kappa shape index (κ2) is 4.69. The van der Waals surface area contributed by atoms with Gasteiger partial charge in [-0.15, -0.1) is 0 Å². The minimum absolute atomic E-state index is 0.110. The summed E-state index contributed by atoms with van der Waals surface area (Å²) in [4.78, 5) is 17.6. The molecule has 0 radical (unpaired) electrons. The molecule has 7 nitrogen and oxygen atoms in total. The summed E-state index contributed by atoms with van der Waals surface area (Å²) < 4.78 is 1.75. The molecule has 0 amide bonds. The fourth-order valence-electron chi connectivity index (χ4n) is 1.48. The second-order valence-corrected chi connectivity index (χ2v) is 3.69. The molecule has 0 atom stereocenters. The number of aryl methyl sites for hydroxylation is 1. The van der Waals surface area contributed by atoms with E-state index in [4.69, 9.17) is 5.73 Å². The van der Waals surface area contributed by atoms with E-state index in [-0.39, 0.29) is 11.2 Å². The highest BCUT2D eigenvalue weighted by Gasteiger charge is 2.03. The summed E-state index contributed by atoms with van der Waals surface area (Å²) in [6.07, 6.45) is 5.86. The number of aromatic nitrogens is 4. The molecular weight excluding hydrogens is 220 g/mol. The maximum absolute atomic E-state index is 11.2. The molecule has 90 valence electrons. The van der Waals surface area contributed by atoms with Gasteiger partial charge in [0.05, 0.1) is 12.5 Å². The smallest absolute Gasteiger partial charge is 0.276 e. The van der Waals surface area contributed by atoms with E-state index >= 15 is 0 Å². The largest absolute Gasteiger partial charge is 0.391 e. The first kappa shape index (κ1) is 11.2. The third-order valence-electron chi connectivity index (χ3n) is 2.35. The molecule has 0 saturated carbocycles. The Bertz CT molecular complexity index is 558. The van der Waals surface area contributed by atoms with Crippen LogP contribution < -0.4 is 16.6 Å². The molecule has 0 bridgehead atoms. The lowest BCUT2D eigenvalue weighted by molar-refractivity contribution is 0.767. The molecule has 0 fully saturated rings. The number of hydrogen-bond acceptors (Lipinski definition) is 5. The molecule has 0 aliphatic rings. The summed E-state index contributed by atoms with van der Waals surface area (Å²) in [5.74, 6) is 0.414. The number of anilines is 2. The fraction of sp³-hybridized carbons (Fsp3) is 0.300. The van der Waals surface area contributed by atoms with Crippen LogP contribution >= 0.6 is 0 Å². The minimum Gasteiger partial charge on any atom is -0.391 e. The van der Waals surface area contributed by atoms with Gasteiger partial charge in [-0.1, -0.05) is 0 Å². The number of H-pyrrole nitrogens is 1. The standard InChI is InChI=1S/C10H14N6O/c1-16-5-7(4-15-16)2-3-12-9-8(11)10(17)14-6-13-9/h4-6H,2-3,11H2,1H3,(H2,12,13,14,17). The Balaban J connectivity index is 1.94. The first-order valence-corrected chi connectivity index (χ1v) is 5.21. The van der Waals surface area contributed by atoms with Crippen molar-refractivity contribution < 1.29 is 0 Å². The third kappa shape index (κ3) is 2.63. The highest BCUT2D eigenvalue weighted by molar-refractivity contribution is 5.58. The van der Waals surface area contributed by atoms with Crippen LogP contribution in [0.1, 0.15) is 5.56 Å². The molecule has 0 saturated heterocycles. The van der Waals surface area contributed by atoms with Crippen LogP contribution in [0, 0.1) is 0 Å². The summed E-state index contributed by atoms with van der Waals surface area (Å²) in [7, 11) is 1.87. The average molecular weight is 234 g/mol. The van der Waals surface area contributed by atoms with E-state index in [9.17, 15) is 4.79 Å². The number of aromatic amines is 1. The van der Waals surface area contributed by atoms with Gasteiger partial charge in [-0.25, -0.2) is 4.98 Å². The van der Waals surface area contributed by atoms with Gasteiger partial charge in [-0.2, -0.15) is 5.10 Å². The van der Waals surface area contributed by atoms with Crippen molar-refractivity contribution in [3.8, 4) is 0 Å². The number of rotatable bonds is 4. The monoisotopic (exact) mass is 234 g/mol. The van der Waals surface area contributed by atoms with Crippen LogP contribution in [0.4, 0.5) is 11.5 Å². The van der Waals surface area contributed by atoms with Gasteiger partial charge in [0.1, 0.15) is 5.69 Å². The summed E-state index contributed by atoms with van der Waals surface area (Å²) >= 11 is 0. The molecule has 2 heterocycles. The van der Waals surface area contributed by atoms with E-state index in [1.54, 1.807) is 10.9 Å². The fourth-order valence-corrected chi connectivity index (χ4v) is 1.48. The van der Waals surface area contributed by atoms with Crippen molar-refractivity contribution in [2.45, 2.75) is 6.42 Å². The Labute approximate surface area is 97.7 Å². The SMILES string of the molecule is Cn1cc(CCNc2nc[nH]c(=O)c2N)cn1. The Morgan fingerprint density at radius 2 is 2.41 bits per heavy atom. The van der Waals surface area contributed by atoms with Crippen molar-refractivity contribution in [3.05, 3.63) is 34.6 Å². The molecule has 2 rings (SSSR count). The first-order valence-electron chi connectivity index (χ1n) is 5.21. The zero-order chi connectivity index (χ0) is 12.3. The van der Waals surface area contributed by atoms with E-state index in [1.807, 2.05) is 13.2 Å². The third-order valence-corrected chi connectivity index (χ3v) is 2.35.